The number of methoxy groups -OCH3 is 2. The first-order chi connectivity index (χ1) is 11.9. The normalized spacial score (nSPS) is 25.6. The molecule has 0 aromatic heterocycles. The van der Waals surface area contributed by atoms with E-state index in [4.69, 9.17) is 14.2 Å². The highest BCUT2D eigenvalue weighted by Gasteiger charge is 2.45. The molecule has 1 aromatic rings. The van der Waals surface area contributed by atoms with Crippen LogP contribution in [0.1, 0.15) is 18.1 Å². The van der Waals surface area contributed by atoms with Crippen molar-refractivity contribution in [3.05, 3.63) is 47.2 Å². The molecule has 0 saturated carbocycles. The maximum atomic E-state index is 12.2. The van der Waals surface area contributed by atoms with E-state index in [0.717, 1.165) is 12.2 Å². The Kier molecular flexibility index (Phi) is 4.36. The zero-order valence-electron chi connectivity index (χ0n) is 13.8. The summed E-state index contributed by atoms with van der Waals surface area (Å²) in [4.78, 5) is 24.1. The van der Waals surface area contributed by atoms with E-state index in [-0.39, 0.29) is 30.1 Å². The van der Waals surface area contributed by atoms with Crippen molar-refractivity contribution in [1.82, 2.24) is 0 Å². The van der Waals surface area contributed by atoms with Crippen molar-refractivity contribution in [2.45, 2.75) is 18.1 Å². The Labute approximate surface area is 144 Å². The number of ether oxygens (including phenoxy) is 3. The zero-order chi connectivity index (χ0) is 18.2. The Bertz CT molecular complexity index is 793. The lowest BCUT2D eigenvalue weighted by Crippen LogP contribution is -2.47. The molecule has 0 radical (unpaired) electrons. The van der Waals surface area contributed by atoms with E-state index in [1.807, 2.05) is 0 Å². The number of fused-ring (bicyclic) bond motifs is 1. The maximum absolute atomic E-state index is 12.2. The van der Waals surface area contributed by atoms with Crippen LogP contribution in [0.5, 0.6) is 11.5 Å². The Hall–Kier alpha value is -2.64. The lowest BCUT2D eigenvalue weighted by Gasteiger charge is -2.40. The molecule has 3 rings (SSSR count). The van der Waals surface area contributed by atoms with Crippen LogP contribution in [0.15, 0.2) is 41.7 Å². The molecule has 25 heavy (non-hydrogen) atoms. The van der Waals surface area contributed by atoms with Gasteiger partial charge >= 0.3 is 0 Å². The van der Waals surface area contributed by atoms with Crippen molar-refractivity contribution < 1.29 is 34.0 Å². The molecule has 1 aromatic carbocycles. The first kappa shape index (κ1) is 17.2. The fourth-order valence-corrected chi connectivity index (χ4v) is 3.13. The summed E-state index contributed by atoms with van der Waals surface area (Å²) in [5.74, 6) is -0.442. The van der Waals surface area contributed by atoms with Crippen LogP contribution in [0.2, 0.25) is 0 Å². The summed E-state index contributed by atoms with van der Waals surface area (Å²) in [5.41, 5.74) is -0.836. The van der Waals surface area contributed by atoms with Crippen molar-refractivity contribution in [1.29, 1.82) is 0 Å². The first-order valence-electron chi connectivity index (χ1n) is 7.64. The summed E-state index contributed by atoms with van der Waals surface area (Å²) in [5, 5.41) is 20.6. The number of aliphatic hydroxyl groups is 1. The van der Waals surface area contributed by atoms with Gasteiger partial charge in [-0.3, -0.25) is 9.59 Å². The van der Waals surface area contributed by atoms with Gasteiger partial charge in [-0.2, -0.15) is 0 Å². The van der Waals surface area contributed by atoms with Crippen LogP contribution < -0.4 is 4.74 Å². The number of allylic oxidation sites excluding steroid dienone is 2. The highest BCUT2D eigenvalue weighted by Crippen LogP contribution is 2.44. The predicted molar refractivity (Wildman–Crippen MR) is 86.1 cm³/mol. The lowest BCUT2D eigenvalue weighted by atomic mass is 9.81. The number of carbonyl (C=O) groups excluding carboxylic acids is 2. The van der Waals surface area contributed by atoms with Gasteiger partial charge in [0.2, 0.25) is 5.78 Å². The van der Waals surface area contributed by atoms with Gasteiger partial charge in [-0.25, -0.2) is 0 Å². The number of hydrogen-bond donors (Lipinski definition) is 2. The minimum absolute atomic E-state index is 0.0343. The third-order valence-corrected chi connectivity index (χ3v) is 4.32. The minimum Gasteiger partial charge on any atom is -0.508 e. The van der Waals surface area contributed by atoms with Crippen LogP contribution >= 0.6 is 0 Å². The number of phenols is 1. The number of carbonyl (C=O) groups is 2. The van der Waals surface area contributed by atoms with E-state index in [1.54, 1.807) is 6.07 Å². The van der Waals surface area contributed by atoms with E-state index in [9.17, 15) is 19.8 Å². The minimum atomic E-state index is -1.54. The van der Waals surface area contributed by atoms with Crippen molar-refractivity contribution in [3.8, 4) is 11.5 Å². The molecule has 0 fully saturated rings. The van der Waals surface area contributed by atoms with Gasteiger partial charge < -0.3 is 24.4 Å². The summed E-state index contributed by atoms with van der Waals surface area (Å²) in [6.07, 6.45) is 1.37. The highest BCUT2D eigenvalue weighted by atomic mass is 16.5. The lowest BCUT2D eigenvalue weighted by molar-refractivity contribution is -0.132. The molecule has 0 unspecified atom stereocenters. The first-order valence-corrected chi connectivity index (χ1v) is 7.64. The van der Waals surface area contributed by atoms with E-state index < -0.39 is 23.3 Å². The smallest absolute Gasteiger partial charge is 0.220 e. The summed E-state index contributed by atoms with van der Waals surface area (Å²) in [6.45, 7) is -0.151. The average Bonchev–Trinajstić information content (AvgIpc) is 2.58. The molecule has 2 N–H and O–H groups in total. The number of aromatic hydroxyl groups is 1. The van der Waals surface area contributed by atoms with E-state index in [0.29, 0.717) is 11.3 Å². The maximum Gasteiger partial charge on any atom is 0.220 e. The summed E-state index contributed by atoms with van der Waals surface area (Å²) in [6, 6.07) is 4.49. The summed E-state index contributed by atoms with van der Waals surface area (Å²) >= 11 is 0. The molecule has 0 spiro atoms. The molecular weight excluding hydrogens is 328 g/mol. The average molecular weight is 346 g/mol. The van der Waals surface area contributed by atoms with Gasteiger partial charge in [0.05, 0.1) is 7.11 Å². The fourth-order valence-electron chi connectivity index (χ4n) is 3.13. The third kappa shape index (κ3) is 3.04. The number of hydrogen-bond acceptors (Lipinski definition) is 7. The standard InChI is InChI=1S/C18H18O7/c1-23-16-7-13(20)10(5-14(16)21)8-18(22)9-25-15-6-11(19)3-4-12(15)17(18)24-2/h3-7,17,19,22H,8-9H2,1-2H3/t17-,18-/m1/s1. The van der Waals surface area contributed by atoms with Crippen molar-refractivity contribution >= 4 is 11.6 Å². The van der Waals surface area contributed by atoms with Crippen molar-refractivity contribution in [3.63, 3.8) is 0 Å². The molecule has 1 heterocycles. The van der Waals surface area contributed by atoms with Gasteiger partial charge in [-0.15, -0.1) is 0 Å². The molecule has 0 bridgehead atoms. The summed E-state index contributed by atoms with van der Waals surface area (Å²) < 4.78 is 15.8. The largest absolute Gasteiger partial charge is 0.508 e. The molecule has 2 atom stereocenters. The molecule has 2 aliphatic rings. The van der Waals surface area contributed by atoms with Crippen LogP contribution in [-0.4, -0.2) is 48.2 Å². The van der Waals surface area contributed by atoms with E-state index in [2.05, 4.69) is 0 Å². The Balaban J connectivity index is 1.91. The Morgan fingerprint density at radius 3 is 2.68 bits per heavy atom. The van der Waals surface area contributed by atoms with Crippen LogP contribution in [0, 0.1) is 0 Å². The zero-order valence-corrected chi connectivity index (χ0v) is 13.8. The van der Waals surface area contributed by atoms with Gasteiger partial charge in [0.1, 0.15) is 29.8 Å². The van der Waals surface area contributed by atoms with Gasteiger partial charge in [0.15, 0.2) is 11.5 Å². The molecule has 0 amide bonds. The van der Waals surface area contributed by atoms with Crippen LogP contribution in [0.3, 0.4) is 0 Å². The Morgan fingerprint density at radius 2 is 2.00 bits per heavy atom. The van der Waals surface area contributed by atoms with E-state index >= 15 is 0 Å². The van der Waals surface area contributed by atoms with Gasteiger partial charge in [0, 0.05) is 36.8 Å². The molecular formula is C18H18O7. The van der Waals surface area contributed by atoms with Crippen molar-refractivity contribution in [2.24, 2.45) is 0 Å². The van der Waals surface area contributed by atoms with Gasteiger partial charge in [-0.05, 0) is 18.2 Å². The van der Waals surface area contributed by atoms with Crippen molar-refractivity contribution in [2.75, 3.05) is 20.8 Å². The second-order valence-electron chi connectivity index (χ2n) is 6.02. The predicted octanol–water partition coefficient (Wildman–Crippen LogP) is 1.20. The summed E-state index contributed by atoms with van der Waals surface area (Å²) in [7, 11) is 2.74. The molecule has 1 aliphatic carbocycles. The highest BCUT2D eigenvalue weighted by molar-refractivity contribution is 6.19. The second kappa shape index (κ2) is 6.34. The van der Waals surface area contributed by atoms with Gasteiger partial charge in [0.25, 0.3) is 0 Å². The Morgan fingerprint density at radius 1 is 1.24 bits per heavy atom. The van der Waals surface area contributed by atoms with E-state index in [1.165, 1.54) is 26.4 Å². The number of rotatable bonds is 4. The number of benzene rings is 1. The molecule has 1 aliphatic heterocycles. The monoisotopic (exact) mass is 346 g/mol. The van der Waals surface area contributed by atoms with Crippen LogP contribution in [-0.2, 0) is 19.1 Å². The molecule has 7 nitrogen and oxygen atoms in total. The van der Waals surface area contributed by atoms with Crippen LogP contribution in [0.25, 0.3) is 0 Å². The fraction of sp³-hybridized carbons (Fsp3) is 0.333. The number of ketones is 2. The quantitative estimate of drug-likeness (QED) is 0.790. The topological polar surface area (TPSA) is 102 Å². The molecule has 7 heteroatoms. The third-order valence-electron chi connectivity index (χ3n) is 4.32. The SMILES string of the molecule is COC1=CC(=O)C(C[C@@]2(O)COc3cc(O)ccc3[C@H]2OC)=CC1=O. The molecule has 0 saturated heterocycles. The van der Waals surface area contributed by atoms with Gasteiger partial charge in [-0.1, -0.05) is 0 Å². The number of phenolic OH excluding ortho intramolecular Hbond substituents is 1. The van der Waals surface area contributed by atoms with Crippen LogP contribution in [0.4, 0.5) is 0 Å². The second-order valence-corrected chi connectivity index (χ2v) is 6.02. The molecule has 132 valence electrons.